The van der Waals surface area contributed by atoms with Gasteiger partial charge >= 0.3 is 0 Å². The number of rotatable bonds is 5. The molecular weight excluding hydrogens is 615 g/mol. The zero-order chi connectivity index (χ0) is 33.0. The number of furan rings is 1. The van der Waals surface area contributed by atoms with Crippen LogP contribution < -0.4 is 0 Å². The number of nitrogens with zero attached hydrogens (tertiary/aromatic N) is 5. The van der Waals surface area contributed by atoms with E-state index in [-0.39, 0.29) is 0 Å². The summed E-state index contributed by atoms with van der Waals surface area (Å²) >= 11 is 0. The first-order chi connectivity index (χ1) is 24.8. The predicted molar refractivity (Wildman–Crippen MR) is 201 cm³/mol. The van der Waals surface area contributed by atoms with Gasteiger partial charge in [-0.3, -0.25) is 4.98 Å². The number of fused-ring (bicyclic) bond motifs is 6. The number of benzene rings is 6. The summed E-state index contributed by atoms with van der Waals surface area (Å²) in [5, 5.41) is 4.40. The molecular formula is C44H27N5O. The van der Waals surface area contributed by atoms with Crippen molar-refractivity contribution in [1.29, 1.82) is 0 Å². The van der Waals surface area contributed by atoms with E-state index in [1.165, 1.54) is 10.8 Å². The minimum atomic E-state index is 0.472. The van der Waals surface area contributed by atoms with Crippen molar-refractivity contribution in [2.45, 2.75) is 0 Å². The zero-order valence-corrected chi connectivity index (χ0v) is 26.7. The lowest BCUT2D eigenvalue weighted by Crippen LogP contribution is -2.02. The molecule has 234 valence electrons. The summed E-state index contributed by atoms with van der Waals surface area (Å²) in [6.45, 7) is 0. The SMILES string of the molecule is c1ccc(-c2cccc(-c3nc(-c4cccc(-n5c6ccccc6c6ccccc65)c4)nc(-c4cc5oc6ccccc6c5cn4)n3)c2)cc1. The number of hydrogen-bond donors (Lipinski definition) is 0. The second-order valence-electron chi connectivity index (χ2n) is 12.3. The fraction of sp³-hybridized carbons (Fsp3) is 0. The molecule has 0 spiro atoms. The Morgan fingerprint density at radius 3 is 1.74 bits per heavy atom. The third-order valence-corrected chi connectivity index (χ3v) is 9.30. The molecule has 0 saturated carbocycles. The molecule has 0 unspecified atom stereocenters. The summed E-state index contributed by atoms with van der Waals surface area (Å²) in [4.78, 5) is 20.0. The highest BCUT2D eigenvalue weighted by Crippen LogP contribution is 2.35. The van der Waals surface area contributed by atoms with E-state index in [0.717, 1.165) is 60.9 Å². The fourth-order valence-electron chi connectivity index (χ4n) is 6.94. The van der Waals surface area contributed by atoms with Crippen LogP contribution in [0.5, 0.6) is 0 Å². The molecule has 10 rings (SSSR count). The lowest BCUT2D eigenvalue weighted by molar-refractivity contribution is 0.668. The van der Waals surface area contributed by atoms with Gasteiger partial charge in [-0.1, -0.05) is 115 Å². The van der Waals surface area contributed by atoms with Crippen LogP contribution in [0.4, 0.5) is 0 Å². The van der Waals surface area contributed by atoms with Crippen molar-refractivity contribution in [3.63, 3.8) is 0 Å². The first-order valence-corrected chi connectivity index (χ1v) is 16.6. The van der Waals surface area contributed by atoms with Gasteiger partial charge in [-0.05, 0) is 47.5 Å². The topological polar surface area (TPSA) is 69.6 Å². The summed E-state index contributed by atoms with van der Waals surface area (Å²) in [6.07, 6.45) is 1.85. The second kappa shape index (κ2) is 11.4. The van der Waals surface area contributed by atoms with Crippen LogP contribution in [0.3, 0.4) is 0 Å². The maximum absolute atomic E-state index is 6.22. The third-order valence-electron chi connectivity index (χ3n) is 9.30. The Hall–Kier alpha value is -6.92. The Balaban J connectivity index is 1.16. The van der Waals surface area contributed by atoms with Gasteiger partial charge in [0.2, 0.25) is 0 Å². The van der Waals surface area contributed by atoms with Crippen LogP contribution in [0, 0.1) is 0 Å². The minimum Gasteiger partial charge on any atom is -0.456 e. The molecule has 6 aromatic carbocycles. The molecule has 0 aliphatic heterocycles. The summed E-state index contributed by atoms with van der Waals surface area (Å²) in [6, 6.07) is 54.0. The summed E-state index contributed by atoms with van der Waals surface area (Å²) in [7, 11) is 0. The first kappa shape index (κ1) is 28.1. The summed E-state index contributed by atoms with van der Waals surface area (Å²) in [5.41, 5.74) is 9.44. The number of aromatic nitrogens is 5. The lowest BCUT2D eigenvalue weighted by atomic mass is 10.0. The van der Waals surface area contributed by atoms with Gasteiger partial charge in [-0.2, -0.15) is 0 Å². The Morgan fingerprint density at radius 2 is 0.980 bits per heavy atom. The molecule has 4 heterocycles. The molecule has 0 amide bonds. The van der Waals surface area contributed by atoms with Crippen molar-refractivity contribution in [2.75, 3.05) is 0 Å². The predicted octanol–water partition coefficient (Wildman–Crippen LogP) is 10.9. The highest BCUT2D eigenvalue weighted by Gasteiger charge is 2.18. The van der Waals surface area contributed by atoms with Crippen LogP contribution in [-0.2, 0) is 0 Å². The van der Waals surface area contributed by atoms with Gasteiger partial charge < -0.3 is 8.98 Å². The van der Waals surface area contributed by atoms with Gasteiger partial charge in [0.1, 0.15) is 16.9 Å². The fourth-order valence-corrected chi connectivity index (χ4v) is 6.94. The van der Waals surface area contributed by atoms with E-state index < -0.39 is 0 Å². The van der Waals surface area contributed by atoms with Crippen LogP contribution in [0.2, 0.25) is 0 Å². The molecule has 0 aliphatic carbocycles. The number of para-hydroxylation sites is 3. The molecule has 50 heavy (non-hydrogen) atoms. The Bertz CT molecular complexity index is 2840. The number of pyridine rings is 1. The maximum Gasteiger partial charge on any atom is 0.182 e. The summed E-state index contributed by atoms with van der Waals surface area (Å²) < 4.78 is 8.53. The van der Waals surface area contributed by atoms with Crippen LogP contribution in [0.15, 0.2) is 168 Å². The van der Waals surface area contributed by atoms with E-state index in [4.69, 9.17) is 24.4 Å². The molecule has 0 fully saturated rings. The quantitative estimate of drug-likeness (QED) is 0.187. The van der Waals surface area contributed by atoms with Gasteiger partial charge in [-0.25, -0.2) is 15.0 Å². The Kier molecular flexibility index (Phi) is 6.39. The molecule has 0 atom stereocenters. The Labute approximate surface area is 287 Å². The highest BCUT2D eigenvalue weighted by molar-refractivity contribution is 6.09. The third kappa shape index (κ3) is 4.65. The average molecular weight is 642 g/mol. The molecule has 10 aromatic rings. The maximum atomic E-state index is 6.22. The molecule has 0 bridgehead atoms. The molecule has 0 N–H and O–H groups in total. The van der Waals surface area contributed by atoms with Crippen LogP contribution >= 0.6 is 0 Å². The van der Waals surface area contributed by atoms with E-state index in [1.807, 2.05) is 66.9 Å². The zero-order valence-electron chi connectivity index (χ0n) is 26.7. The normalized spacial score (nSPS) is 11.6. The van der Waals surface area contributed by atoms with E-state index in [1.54, 1.807) is 0 Å². The largest absolute Gasteiger partial charge is 0.456 e. The van der Waals surface area contributed by atoms with E-state index in [2.05, 4.69) is 102 Å². The van der Waals surface area contributed by atoms with Crippen molar-refractivity contribution < 1.29 is 4.42 Å². The smallest absolute Gasteiger partial charge is 0.182 e. The van der Waals surface area contributed by atoms with Crippen molar-refractivity contribution in [3.8, 4) is 51.1 Å². The lowest BCUT2D eigenvalue weighted by Gasteiger charge is -2.12. The van der Waals surface area contributed by atoms with Crippen molar-refractivity contribution in [1.82, 2.24) is 24.5 Å². The van der Waals surface area contributed by atoms with Crippen LogP contribution in [0.1, 0.15) is 0 Å². The first-order valence-electron chi connectivity index (χ1n) is 16.6. The molecule has 4 aromatic heterocycles. The summed E-state index contributed by atoms with van der Waals surface area (Å²) in [5.74, 6) is 1.60. The van der Waals surface area contributed by atoms with Crippen molar-refractivity contribution >= 4 is 43.7 Å². The molecule has 6 nitrogen and oxygen atoms in total. The van der Waals surface area contributed by atoms with Gasteiger partial charge in [0.05, 0.1) is 11.0 Å². The molecule has 0 radical (unpaired) electrons. The monoisotopic (exact) mass is 641 g/mol. The van der Waals surface area contributed by atoms with Crippen LogP contribution in [-0.4, -0.2) is 24.5 Å². The van der Waals surface area contributed by atoms with Crippen molar-refractivity contribution in [3.05, 3.63) is 164 Å². The average Bonchev–Trinajstić information content (AvgIpc) is 3.74. The standard InChI is InChI=1S/C44H27N5O/c1-2-12-28(13-3-1)29-14-10-15-30(24-29)42-46-43(48-44(47-42)37-26-41-36(27-45-37)35-20-6-9-23-40(35)50-41)31-16-11-17-32(25-31)49-38-21-7-4-18-33(38)34-19-5-8-22-39(34)49/h1-27H. The number of hydrogen-bond acceptors (Lipinski definition) is 5. The minimum absolute atomic E-state index is 0.472. The molecule has 6 heteroatoms. The van der Waals surface area contributed by atoms with E-state index in [9.17, 15) is 0 Å². The molecule has 0 saturated heterocycles. The van der Waals surface area contributed by atoms with E-state index >= 15 is 0 Å². The molecule has 0 aliphatic rings. The van der Waals surface area contributed by atoms with Gasteiger partial charge in [-0.15, -0.1) is 0 Å². The van der Waals surface area contributed by atoms with Gasteiger partial charge in [0.15, 0.2) is 17.5 Å². The van der Waals surface area contributed by atoms with E-state index in [0.29, 0.717) is 23.2 Å². The van der Waals surface area contributed by atoms with Gasteiger partial charge in [0, 0.05) is 50.6 Å². The second-order valence-corrected chi connectivity index (χ2v) is 12.3. The van der Waals surface area contributed by atoms with Crippen LogP contribution in [0.25, 0.3) is 94.9 Å². The Morgan fingerprint density at radius 1 is 0.400 bits per heavy atom. The van der Waals surface area contributed by atoms with Crippen molar-refractivity contribution in [2.24, 2.45) is 0 Å². The van der Waals surface area contributed by atoms with Gasteiger partial charge in [0.25, 0.3) is 0 Å². The highest BCUT2D eigenvalue weighted by atomic mass is 16.3.